The van der Waals surface area contributed by atoms with E-state index in [4.69, 9.17) is 0 Å². The van der Waals surface area contributed by atoms with Crippen LogP contribution in [0.15, 0.2) is 24.5 Å². The molecule has 2 atom stereocenters. The zero-order valence-electron chi connectivity index (χ0n) is 11.7. The minimum absolute atomic E-state index is 0.269. The molecule has 1 amide bonds. The number of likely N-dealkylation sites (N-methyl/N-ethyl adjacent to an activating group) is 1. The molecule has 3 rings (SSSR count). The second-order valence-electron chi connectivity index (χ2n) is 6.36. The number of hydrogen-bond donors (Lipinski definition) is 0. The van der Waals surface area contributed by atoms with E-state index in [9.17, 15) is 4.79 Å². The lowest BCUT2D eigenvalue weighted by molar-refractivity contribution is -0.131. The fourth-order valence-electron chi connectivity index (χ4n) is 3.13. The van der Waals surface area contributed by atoms with E-state index < -0.39 is 0 Å². The Morgan fingerprint density at radius 3 is 2.89 bits per heavy atom. The predicted molar refractivity (Wildman–Crippen MR) is 73.4 cm³/mol. The number of hydrogen-bond acceptors (Lipinski definition) is 3. The molecule has 0 radical (unpaired) electrons. The van der Waals surface area contributed by atoms with Gasteiger partial charge in [-0.2, -0.15) is 0 Å². The molecule has 0 spiro atoms. The van der Waals surface area contributed by atoms with E-state index in [0.717, 1.165) is 25.6 Å². The van der Waals surface area contributed by atoms with Gasteiger partial charge in [-0.15, -0.1) is 0 Å². The molecular weight excluding hydrogens is 238 g/mol. The highest BCUT2D eigenvalue weighted by Gasteiger charge is 2.57. The smallest absolute Gasteiger partial charge is 0.236 e. The lowest BCUT2D eigenvalue weighted by atomic mass is 10.1. The van der Waals surface area contributed by atoms with Crippen LogP contribution in [0.2, 0.25) is 0 Å². The van der Waals surface area contributed by atoms with E-state index in [1.807, 2.05) is 24.1 Å². The van der Waals surface area contributed by atoms with Gasteiger partial charge < -0.3 is 4.90 Å². The van der Waals surface area contributed by atoms with Gasteiger partial charge in [0, 0.05) is 32.0 Å². The number of aromatic nitrogens is 1. The molecule has 1 aliphatic heterocycles. The van der Waals surface area contributed by atoms with Crippen LogP contribution in [-0.2, 0) is 11.3 Å². The number of likely N-dealkylation sites (tertiary alicyclic amines) is 1. The molecule has 2 heterocycles. The summed E-state index contributed by atoms with van der Waals surface area (Å²) in [6.45, 7) is 5.53. The van der Waals surface area contributed by atoms with Crippen molar-refractivity contribution in [2.24, 2.45) is 11.3 Å². The Morgan fingerprint density at radius 2 is 2.26 bits per heavy atom. The number of pyridine rings is 1. The number of nitrogens with zero attached hydrogens (tertiary/aromatic N) is 3. The Balaban J connectivity index is 1.50. The van der Waals surface area contributed by atoms with Crippen molar-refractivity contribution in [3.63, 3.8) is 0 Å². The van der Waals surface area contributed by atoms with Crippen molar-refractivity contribution in [2.45, 2.75) is 19.9 Å². The predicted octanol–water partition coefficient (Wildman–Crippen LogP) is 1.38. The quantitative estimate of drug-likeness (QED) is 0.819. The molecule has 0 aromatic carbocycles. The van der Waals surface area contributed by atoms with Gasteiger partial charge in [-0.1, -0.05) is 6.92 Å². The largest absolute Gasteiger partial charge is 0.341 e. The summed E-state index contributed by atoms with van der Waals surface area (Å²) in [5, 5.41) is 0. The molecular formula is C15H21N3O. The van der Waals surface area contributed by atoms with E-state index in [1.165, 1.54) is 12.0 Å². The van der Waals surface area contributed by atoms with Crippen LogP contribution in [0, 0.1) is 11.3 Å². The van der Waals surface area contributed by atoms with Crippen LogP contribution in [0.3, 0.4) is 0 Å². The zero-order chi connectivity index (χ0) is 13.5. The molecule has 2 unspecified atom stereocenters. The van der Waals surface area contributed by atoms with Gasteiger partial charge in [0.2, 0.25) is 5.91 Å². The van der Waals surface area contributed by atoms with Gasteiger partial charge >= 0.3 is 0 Å². The molecule has 1 aliphatic carbocycles. The lowest BCUT2D eigenvalue weighted by Gasteiger charge is -2.23. The van der Waals surface area contributed by atoms with Crippen molar-refractivity contribution in [1.29, 1.82) is 0 Å². The Hall–Kier alpha value is -1.42. The van der Waals surface area contributed by atoms with E-state index in [2.05, 4.69) is 16.8 Å². The number of piperidine rings is 1. The number of carbonyl (C=O) groups excluding carboxylic acids is 1. The third-order valence-corrected chi connectivity index (χ3v) is 4.49. The Morgan fingerprint density at radius 1 is 1.53 bits per heavy atom. The summed E-state index contributed by atoms with van der Waals surface area (Å²) >= 11 is 0. The molecule has 19 heavy (non-hydrogen) atoms. The normalized spacial score (nSPS) is 28.6. The molecule has 1 saturated carbocycles. The van der Waals surface area contributed by atoms with Crippen molar-refractivity contribution >= 4 is 5.91 Å². The van der Waals surface area contributed by atoms with Gasteiger partial charge in [-0.3, -0.25) is 14.7 Å². The summed E-state index contributed by atoms with van der Waals surface area (Å²) in [6.07, 6.45) is 4.89. The summed E-state index contributed by atoms with van der Waals surface area (Å²) < 4.78 is 0. The molecule has 1 saturated heterocycles. The average molecular weight is 259 g/mol. The molecule has 2 fully saturated rings. The van der Waals surface area contributed by atoms with E-state index in [-0.39, 0.29) is 5.91 Å². The third-order valence-electron chi connectivity index (χ3n) is 4.49. The van der Waals surface area contributed by atoms with Crippen molar-refractivity contribution in [3.05, 3.63) is 30.1 Å². The topological polar surface area (TPSA) is 36.4 Å². The fraction of sp³-hybridized carbons (Fsp3) is 0.600. The molecule has 4 heteroatoms. The van der Waals surface area contributed by atoms with Crippen molar-refractivity contribution in [1.82, 2.24) is 14.8 Å². The first-order chi connectivity index (χ1) is 9.07. The molecule has 1 aromatic rings. The van der Waals surface area contributed by atoms with E-state index >= 15 is 0 Å². The first kappa shape index (κ1) is 12.6. The minimum Gasteiger partial charge on any atom is -0.341 e. The maximum absolute atomic E-state index is 12.2. The van der Waals surface area contributed by atoms with Crippen LogP contribution in [-0.4, -0.2) is 47.4 Å². The van der Waals surface area contributed by atoms with E-state index in [0.29, 0.717) is 12.0 Å². The monoisotopic (exact) mass is 259 g/mol. The average Bonchev–Trinajstić information content (AvgIpc) is 2.88. The molecule has 0 bridgehead atoms. The summed E-state index contributed by atoms with van der Waals surface area (Å²) in [5.41, 5.74) is 1.64. The maximum atomic E-state index is 12.2. The first-order valence-electron chi connectivity index (χ1n) is 6.92. The summed E-state index contributed by atoms with van der Waals surface area (Å²) in [5.74, 6) is 1.03. The van der Waals surface area contributed by atoms with Crippen LogP contribution in [0.5, 0.6) is 0 Å². The van der Waals surface area contributed by atoms with Crippen LogP contribution >= 0.6 is 0 Å². The van der Waals surface area contributed by atoms with Crippen LogP contribution in [0.1, 0.15) is 18.9 Å². The van der Waals surface area contributed by atoms with Gasteiger partial charge in [-0.25, -0.2) is 0 Å². The van der Waals surface area contributed by atoms with Crippen LogP contribution in [0.25, 0.3) is 0 Å². The first-order valence-corrected chi connectivity index (χ1v) is 6.92. The van der Waals surface area contributed by atoms with E-state index in [1.54, 1.807) is 12.4 Å². The van der Waals surface area contributed by atoms with Crippen molar-refractivity contribution < 1.29 is 4.79 Å². The van der Waals surface area contributed by atoms with Crippen molar-refractivity contribution in [2.75, 3.05) is 26.7 Å². The Kier molecular flexibility index (Phi) is 3.05. The van der Waals surface area contributed by atoms with Gasteiger partial charge in [0.05, 0.1) is 6.54 Å². The summed E-state index contributed by atoms with van der Waals surface area (Å²) in [7, 11) is 2.00. The summed E-state index contributed by atoms with van der Waals surface area (Å²) in [6, 6.07) is 3.99. The molecule has 0 N–H and O–H groups in total. The van der Waals surface area contributed by atoms with Gasteiger partial charge in [0.15, 0.2) is 0 Å². The highest BCUT2D eigenvalue weighted by Crippen LogP contribution is 2.57. The lowest BCUT2D eigenvalue weighted by Crippen LogP contribution is -2.39. The van der Waals surface area contributed by atoms with Crippen molar-refractivity contribution in [3.8, 4) is 0 Å². The molecule has 2 aliphatic rings. The van der Waals surface area contributed by atoms with Gasteiger partial charge in [0.1, 0.15) is 0 Å². The fourth-order valence-corrected chi connectivity index (χ4v) is 3.13. The third kappa shape index (κ3) is 2.63. The highest BCUT2D eigenvalue weighted by atomic mass is 16.2. The minimum atomic E-state index is 0.269. The number of carbonyl (C=O) groups is 1. The SMILES string of the molecule is CN(CC(=O)N1CC2CC2(C)C1)Cc1ccncc1. The second kappa shape index (κ2) is 4.60. The molecule has 4 nitrogen and oxygen atoms in total. The standard InChI is InChI=1S/C15H21N3O/c1-15-7-13(15)9-18(11-15)14(19)10-17(2)8-12-3-5-16-6-4-12/h3-6,13H,7-11H2,1-2H3. The highest BCUT2D eigenvalue weighted by molar-refractivity contribution is 5.79. The number of fused-ring (bicyclic) bond motifs is 1. The van der Waals surface area contributed by atoms with Crippen LogP contribution in [0.4, 0.5) is 0 Å². The van der Waals surface area contributed by atoms with Gasteiger partial charge in [-0.05, 0) is 42.5 Å². The number of rotatable bonds is 4. The maximum Gasteiger partial charge on any atom is 0.236 e. The Bertz CT molecular complexity index is 476. The zero-order valence-corrected chi connectivity index (χ0v) is 11.7. The summed E-state index contributed by atoms with van der Waals surface area (Å²) in [4.78, 5) is 20.3. The second-order valence-corrected chi connectivity index (χ2v) is 6.36. The van der Waals surface area contributed by atoms with Crippen LogP contribution < -0.4 is 0 Å². The van der Waals surface area contributed by atoms with Gasteiger partial charge in [0.25, 0.3) is 0 Å². The molecule has 102 valence electrons. The Labute approximate surface area is 114 Å². The number of amides is 1. The molecule has 1 aromatic heterocycles.